The number of benzene rings is 2. The van der Waals surface area contributed by atoms with Gasteiger partial charge in [0.25, 0.3) is 11.8 Å². The van der Waals surface area contributed by atoms with Gasteiger partial charge in [0.15, 0.2) is 0 Å². The summed E-state index contributed by atoms with van der Waals surface area (Å²) in [5.74, 6) is -0.851. The van der Waals surface area contributed by atoms with Crippen molar-refractivity contribution in [1.82, 2.24) is 10.9 Å². The van der Waals surface area contributed by atoms with Gasteiger partial charge >= 0.3 is 0 Å². The van der Waals surface area contributed by atoms with Crippen LogP contribution in [0.15, 0.2) is 48.5 Å². The molecule has 4 nitrogen and oxygen atoms in total. The Labute approximate surface area is 134 Å². The molecule has 20 heavy (non-hydrogen) atoms. The van der Waals surface area contributed by atoms with Crippen LogP contribution in [0.1, 0.15) is 20.7 Å². The summed E-state index contributed by atoms with van der Waals surface area (Å²) in [6.07, 6.45) is 0. The van der Waals surface area contributed by atoms with Gasteiger partial charge in [0, 0.05) is 9.13 Å². The quantitative estimate of drug-likeness (QED) is 0.601. The van der Waals surface area contributed by atoms with Gasteiger partial charge in [-0.15, -0.1) is 0 Å². The smallest absolute Gasteiger partial charge is 0.267 e. The van der Waals surface area contributed by atoms with Crippen molar-refractivity contribution in [3.8, 4) is 0 Å². The van der Waals surface area contributed by atoms with Crippen molar-refractivity contribution in [2.45, 2.75) is 0 Å². The van der Waals surface area contributed by atoms with Crippen LogP contribution in [0, 0.1) is 3.57 Å². The number of amides is 2. The van der Waals surface area contributed by atoms with Crippen molar-refractivity contribution in [1.29, 1.82) is 0 Å². The summed E-state index contributed by atoms with van der Waals surface area (Å²) in [7, 11) is 0. The second kappa shape index (κ2) is 6.71. The Morgan fingerprint density at radius 2 is 1.50 bits per heavy atom. The minimum atomic E-state index is -0.463. The van der Waals surface area contributed by atoms with E-state index >= 15 is 0 Å². The molecule has 0 bridgehead atoms. The van der Waals surface area contributed by atoms with E-state index in [9.17, 15) is 9.59 Å². The molecule has 2 rings (SSSR count). The second-order valence-electron chi connectivity index (χ2n) is 3.89. The lowest BCUT2D eigenvalue weighted by Crippen LogP contribution is -2.41. The number of hydrazine groups is 1. The topological polar surface area (TPSA) is 58.2 Å². The zero-order valence-electron chi connectivity index (χ0n) is 10.2. The van der Waals surface area contributed by atoms with E-state index < -0.39 is 5.91 Å². The average Bonchev–Trinajstić information content (AvgIpc) is 2.45. The van der Waals surface area contributed by atoms with E-state index in [1.807, 2.05) is 12.1 Å². The van der Waals surface area contributed by atoms with E-state index in [2.05, 4.69) is 33.4 Å². The van der Waals surface area contributed by atoms with Crippen molar-refractivity contribution in [2.24, 2.45) is 0 Å². The first-order valence-electron chi connectivity index (χ1n) is 5.68. The summed E-state index contributed by atoms with van der Waals surface area (Å²) in [6.45, 7) is 0. The van der Waals surface area contributed by atoms with Crippen molar-refractivity contribution in [2.75, 3.05) is 0 Å². The Morgan fingerprint density at radius 3 is 2.15 bits per heavy atom. The number of hydrogen-bond donors (Lipinski definition) is 2. The highest BCUT2D eigenvalue weighted by Gasteiger charge is 2.11. The van der Waals surface area contributed by atoms with E-state index in [0.29, 0.717) is 16.1 Å². The van der Waals surface area contributed by atoms with Crippen LogP contribution in [0.3, 0.4) is 0 Å². The molecule has 0 unspecified atom stereocenters. The fourth-order valence-corrected chi connectivity index (χ4v) is 2.08. The van der Waals surface area contributed by atoms with Crippen LogP contribution in [0.5, 0.6) is 0 Å². The van der Waals surface area contributed by atoms with Gasteiger partial charge in [0.1, 0.15) is 0 Å². The molecule has 2 aromatic carbocycles. The van der Waals surface area contributed by atoms with Gasteiger partial charge in [-0.1, -0.05) is 23.7 Å². The monoisotopic (exact) mass is 400 g/mol. The molecule has 0 aliphatic carbocycles. The molecular formula is C14H10ClIN2O2. The van der Waals surface area contributed by atoms with Crippen LogP contribution in [0.4, 0.5) is 0 Å². The number of nitrogens with one attached hydrogen (secondary N) is 2. The third-order valence-corrected chi connectivity index (χ3v) is 3.56. The lowest BCUT2D eigenvalue weighted by molar-refractivity contribution is 0.0846. The average molecular weight is 401 g/mol. The lowest BCUT2D eigenvalue weighted by atomic mass is 10.2. The molecule has 102 valence electrons. The number of halogens is 2. The zero-order chi connectivity index (χ0) is 14.5. The fraction of sp³-hybridized carbons (Fsp3) is 0. The summed E-state index contributed by atoms with van der Waals surface area (Å²) < 4.78 is 1.03. The van der Waals surface area contributed by atoms with Crippen LogP contribution >= 0.6 is 34.2 Å². The van der Waals surface area contributed by atoms with Gasteiger partial charge < -0.3 is 0 Å². The highest BCUT2D eigenvalue weighted by molar-refractivity contribution is 14.1. The molecule has 0 radical (unpaired) electrons. The predicted molar refractivity (Wildman–Crippen MR) is 85.5 cm³/mol. The van der Waals surface area contributed by atoms with Crippen molar-refractivity contribution in [3.05, 3.63) is 68.3 Å². The third kappa shape index (κ3) is 3.71. The van der Waals surface area contributed by atoms with E-state index in [1.165, 1.54) is 0 Å². The molecule has 0 aromatic heterocycles. The van der Waals surface area contributed by atoms with E-state index in [0.717, 1.165) is 3.57 Å². The van der Waals surface area contributed by atoms with Crippen LogP contribution in [-0.2, 0) is 0 Å². The first-order valence-corrected chi connectivity index (χ1v) is 7.14. The normalized spacial score (nSPS) is 9.90. The second-order valence-corrected chi connectivity index (χ2v) is 5.55. The number of rotatable bonds is 2. The number of carbonyl (C=O) groups is 2. The minimum Gasteiger partial charge on any atom is -0.267 e. The minimum absolute atomic E-state index is 0.303. The summed E-state index contributed by atoms with van der Waals surface area (Å²) in [5.41, 5.74) is 5.44. The summed E-state index contributed by atoms with van der Waals surface area (Å²) in [6, 6.07) is 13.6. The Kier molecular flexibility index (Phi) is 4.97. The van der Waals surface area contributed by atoms with Crippen molar-refractivity contribution >= 4 is 46.0 Å². The molecule has 0 saturated carbocycles. The molecule has 0 aliphatic rings. The molecule has 0 fully saturated rings. The highest BCUT2D eigenvalue weighted by Crippen LogP contribution is 2.14. The SMILES string of the molecule is O=C(NNC(=O)c1ccccc1Cl)c1ccc(I)cc1. The van der Waals surface area contributed by atoms with Crippen molar-refractivity contribution < 1.29 is 9.59 Å². The Balaban J connectivity index is 1.99. The van der Waals surface area contributed by atoms with Gasteiger partial charge in [-0.05, 0) is 59.0 Å². The first-order chi connectivity index (χ1) is 9.58. The summed E-state index contributed by atoms with van der Waals surface area (Å²) in [4.78, 5) is 23.7. The largest absolute Gasteiger partial charge is 0.271 e. The van der Waals surface area contributed by atoms with Crippen LogP contribution in [0.25, 0.3) is 0 Å². The van der Waals surface area contributed by atoms with Gasteiger partial charge in [-0.25, -0.2) is 0 Å². The molecule has 0 spiro atoms. The molecule has 0 atom stereocenters. The van der Waals surface area contributed by atoms with Gasteiger partial charge in [0.05, 0.1) is 10.6 Å². The van der Waals surface area contributed by atoms with Gasteiger partial charge in [-0.2, -0.15) is 0 Å². The van der Waals surface area contributed by atoms with Crippen LogP contribution in [0.2, 0.25) is 5.02 Å². The molecule has 2 N–H and O–H groups in total. The molecule has 0 saturated heterocycles. The molecule has 0 heterocycles. The maximum atomic E-state index is 11.8. The molecule has 2 aromatic rings. The van der Waals surface area contributed by atoms with Crippen LogP contribution in [-0.4, -0.2) is 11.8 Å². The zero-order valence-corrected chi connectivity index (χ0v) is 13.1. The predicted octanol–water partition coefficient (Wildman–Crippen LogP) is 3.02. The van der Waals surface area contributed by atoms with E-state index in [4.69, 9.17) is 11.6 Å². The lowest BCUT2D eigenvalue weighted by Gasteiger charge is -2.08. The third-order valence-electron chi connectivity index (χ3n) is 2.51. The van der Waals surface area contributed by atoms with E-state index in [-0.39, 0.29) is 5.91 Å². The molecular weight excluding hydrogens is 391 g/mol. The number of hydrogen-bond acceptors (Lipinski definition) is 2. The molecule has 6 heteroatoms. The maximum Gasteiger partial charge on any atom is 0.271 e. The highest BCUT2D eigenvalue weighted by atomic mass is 127. The molecule has 2 amide bonds. The Bertz CT molecular complexity index is 644. The Morgan fingerprint density at radius 1 is 0.900 bits per heavy atom. The summed E-state index contributed by atoms with van der Waals surface area (Å²) in [5, 5.41) is 0.327. The van der Waals surface area contributed by atoms with Crippen molar-refractivity contribution in [3.63, 3.8) is 0 Å². The first kappa shape index (κ1) is 14.8. The van der Waals surface area contributed by atoms with Crippen LogP contribution < -0.4 is 10.9 Å². The Hall–Kier alpha value is -1.60. The number of carbonyl (C=O) groups excluding carboxylic acids is 2. The maximum absolute atomic E-state index is 11.8. The summed E-state index contributed by atoms with van der Waals surface area (Å²) >= 11 is 8.04. The fourth-order valence-electron chi connectivity index (χ4n) is 1.50. The van der Waals surface area contributed by atoms with Gasteiger partial charge in [-0.3, -0.25) is 20.4 Å². The molecule has 0 aliphatic heterocycles. The van der Waals surface area contributed by atoms with E-state index in [1.54, 1.807) is 36.4 Å². The standard InChI is InChI=1S/C14H10ClIN2O2/c15-12-4-2-1-3-11(12)14(20)18-17-13(19)9-5-7-10(16)8-6-9/h1-8H,(H,17,19)(H,18,20). The van der Waals surface area contributed by atoms with Gasteiger partial charge in [0.2, 0.25) is 0 Å².